The lowest BCUT2D eigenvalue weighted by Gasteiger charge is -2.37. The first-order valence-corrected chi connectivity index (χ1v) is 7.19. The topological polar surface area (TPSA) is 61.6 Å². The van der Waals surface area contributed by atoms with Gasteiger partial charge in [0, 0.05) is 23.1 Å². The Morgan fingerprint density at radius 3 is 2.50 bits per heavy atom. The fraction of sp³-hybridized carbons (Fsp3) is 0.278. The van der Waals surface area contributed by atoms with E-state index in [9.17, 15) is 4.79 Å². The van der Waals surface area contributed by atoms with Gasteiger partial charge in [0.1, 0.15) is 17.2 Å². The predicted octanol–water partition coefficient (Wildman–Crippen LogP) is 3.44. The van der Waals surface area contributed by atoms with Crippen LogP contribution in [0.1, 0.15) is 30.9 Å². The average molecular weight is 297 g/mol. The van der Waals surface area contributed by atoms with Gasteiger partial charge >= 0.3 is 0 Å². The molecule has 1 aliphatic heterocycles. The zero-order valence-electron chi connectivity index (χ0n) is 12.9. The van der Waals surface area contributed by atoms with Crippen LogP contribution in [0.3, 0.4) is 0 Å². The molecule has 2 N–H and O–H groups in total. The number of benzene rings is 2. The van der Waals surface area contributed by atoms with Gasteiger partial charge in [0.2, 0.25) is 5.91 Å². The molecule has 4 heteroatoms. The average Bonchev–Trinajstić information content (AvgIpc) is 2.51. The monoisotopic (exact) mass is 297 g/mol. The molecule has 22 heavy (non-hydrogen) atoms. The van der Waals surface area contributed by atoms with Crippen molar-refractivity contribution in [3.05, 3.63) is 53.6 Å². The highest BCUT2D eigenvalue weighted by Crippen LogP contribution is 2.52. The highest BCUT2D eigenvalue weighted by molar-refractivity contribution is 5.83. The molecule has 2 aromatic rings. The maximum Gasteiger partial charge on any atom is 0.224 e. The Kier molecular flexibility index (Phi) is 3.32. The number of hydrogen-bond acceptors (Lipinski definition) is 3. The fourth-order valence-electron chi connectivity index (χ4n) is 2.99. The minimum absolute atomic E-state index is 0.157. The second-order valence-electron chi connectivity index (χ2n) is 6.06. The van der Waals surface area contributed by atoms with Crippen molar-refractivity contribution in [1.29, 1.82) is 0 Å². The molecule has 3 rings (SSSR count). The number of para-hydroxylation sites is 1. The van der Waals surface area contributed by atoms with Crippen LogP contribution >= 0.6 is 0 Å². The summed E-state index contributed by atoms with van der Waals surface area (Å²) in [6.45, 7) is 3.74. The molecule has 0 aromatic heterocycles. The van der Waals surface area contributed by atoms with Crippen LogP contribution in [0, 0.1) is 5.41 Å². The number of ether oxygens (including phenoxy) is 2. The summed E-state index contributed by atoms with van der Waals surface area (Å²) in [5.74, 6) is 1.68. The molecule has 0 aliphatic carbocycles. The van der Waals surface area contributed by atoms with Crippen LogP contribution in [-0.4, -0.2) is 13.0 Å². The minimum Gasteiger partial charge on any atom is -0.497 e. The van der Waals surface area contributed by atoms with E-state index in [4.69, 9.17) is 15.2 Å². The zero-order chi connectivity index (χ0) is 15.9. The Bertz CT molecular complexity index is 737. The van der Waals surface area contributed by atoms with Crippen molar-refractivity contribution in [2.75, 3.05) is 7.11 Å². The normalized spacial score (nSPS) is 16.2. The van der Waals surface area contributed by atoms with E-state index >= 15 is 0 Å². The van der Waals surface area contributed by atoms with Gasteiger partial charge in [-0.1, -0.05) is 38.1 Å². The molecule has 0 bridgehead atoms. The van der Waals surface area contributed by atoms with Gasteiger partial charge in [-0.3, -0.25) is 4.79 Å². The third kappa shape index (κ3) is 2.11. The summed E-state index contributed by atoms with van der Waals surface area (Å²) in [7, 11) is 1.61. The molecule has 1 unspecified atom stereocenters. The van der Waals surface area contributed by atoms with E-state index in [1.165, 1.54) is 0 Å². The summed E-state index contributed by atoms with van der Waals surface area (Å²) in [4.78, 5) is 12.0. The highest BCUT2D eigenvalue weighted by Gasteiger charge is 2.42. The van der Waals surface area contributed by atoms with Gasteiger partial charge in [-0.2, -0.15) is 0 Å². The lowest BCUT2D eigenvalue weighted by Crippen LogP contribution is -2.38. The van der Waals surface area contributed by atoms with Crippen molar-refractivity contribution in [3.63, 3.8) is 0 Å². The summed E-state index contributed by atoms with van der Waals surface area (Å²) >= 11 is 0. The molecule has 114 valence electrons. The smallest absolute Gasteiger partial charge is 0.224 e. The number of amides is 1. The molecule has 4 nitrogen and oxygen atoms in total. The van der Waals surface area contributed by atoms with Crippen LogP contribution in [0.2, 0.25) is 0 Å². The van der Waals surface area contributed by atoms with Gasteiger partial charge in [-0.05, 0) is 12.1 Å². The first-order valence-electron chi connectivity index (χ1n) is 7.19. The molecule has 0 saturated heterocycles. The van der Waals surface area contributed by atoms with Crippen molar-refractivity contribution in [1.82, 2.24) is 0 Å². The van der Waals surface area contributed by atoms with Crippen LogP contribution in [0.25, 0.3) is 0 Å². The van der Waals surface area contributed by atoms with E-state index in [1.807, 2.05) is 56.3 Å². The summed E-state index contributed by atoms with van der Waals surface area (Å²) in [5.41, 5.74) is 6.86. The Morgan fingerprint density at radius 2 is 1.82 bits per heavy atom. The van der Waals surface area contributed by atoms with E-state index in [-0.39, 0.29) is 11.8 Å². The van der Waals surface area contributed by atoms with Crippen LogP contribution < -0.4 is 15.2 Å². The first kappa shape index (κ1) is 14.4. The molecule has 0 fully saturated rings. The second kappa shape index (κ2) is 5.05. The highest BCUT2D eigenvalue weighted by atomic mass is 16.5. The summed E-state index contributed by atoms with van der Waals surface area (Å²) in [6.07, 6.45) is 0. The third-order valence-electron chi connectivity index (χ3n) is 4.34. The van der Waals surface area contributed by atoms with E-state index in [0.717, 1.165) is 16.9 Å². The zero-order valence-corrected chi connectivity index (χ0v) is 12.9. The van der Waals surface area contributed by atoms with Crippen molar-refractivity contribution >= 4 is 5.91 Å². The van der Waals surface area contributed by atoms with Crippen LogP contribution in [-0.2, 0) is 4.79 Å². The number of carbonyl (C=O) groups excluding carboxylic acids is 1. The minimum atomic E-state index is -0.733. The summed E-state index contributed by atoms with van der Waals surface area (Å²) in [6, 6.07) is 13.4. The number of rotatable bonds is 3. The Labute approximate surface area is 129 Å². The van der Waals surface area contributed by atoms with Gasteiger partial charge in [0.25, 0.3) is 0 Å². The van der Waals surface area contributed by atoms with Gasteiger partial charge in [-0.25, -0.2) is 0 Å². The van der Waals surface area contributed by atoms with E-state index < -0.39 is 5.41 Å². The first-order chi connectivity index (χ1) is 10.4. The molecule has 1 atom stereocenters. The van der Waals surface area contributed by atoms with Crippen molar-refractivity contribution in [2.45, 2.75) is 19.8 Å². The maximum absolute atomic E-state index is 12.0. The number of fused-ring (bicyclic) bond motifs is 2. The van der Waals surface area contributed by atoms with Gasteiger partial charge in [0.05, 0.1) is 12.5 Å². The van der Waals surface area contributed by atoms with Crippen molar-refractivity contribution in [2.24, 2.45) is 11.1 Å². The van der Waals surface area contributed by atoms with Gasteiger partial charge in [0.15, 0.2) is 0 Å². The van der Waals surface area contributed by atoms with E-state index in [2.05, 4.69) is 0 Å². The molecule has 1 heterocycles. The van der Waals surface area contributed by atoms with Crippen LogP contribution in [0.5, 0.6) is 17.2 Å². The SMILES string of the molecule is COc1ccc2c(c1)Oc1ccccc1C2C(C)(C)C(N)=O. The Morgan fingerprint density at radius 1 is 1.14 bits per heavy atom. The standard InChI is InChI=1S/C18H19NO3/c1-18(2,17(19)20)16-12-6-4-5-7-14(12)22-15-10-11(21-3)8-9-13(15)16/h4-10,16H,1-3H3,(H2,19,20). The largest absolute Gasteiger partial charge is 0.497 e. The molecular formula is C18H19NO3. The molecule has 0 saturated carbocycles. The molecule has 1 amide bonds. The molecule has 0 radical (unpaired) electrons. The molecular weight excluding hydrogens is 278 g/mol. The lowest BCUT2D eigenvalue weighted by atomic mass is 9.69. The Hall–Kier alpha value is -2.49. The van der Waals surface area contributed by atoms with E-state index in [0.29, 0.717) is 11.5 Å². The van der Waals surface area contributed by atoms with Crippen LogP contribution in [0.4, 0.5) is 0 Å². The number of methoxy groups -OCH3 is 1. The van der Waals surface area contributed by atoms with Crippen molar-refractivity contribution < 1.29 is 14.3 Å². The summed E-state index contributed by atoms with van der Waals surface area (Å²) in [5, 5.41) is 0. The number of primary amides is 1. The van der Waals surface area contributed by atoms with Gasteiger partial charge < -0.3 is 15.2 Å². The molecule has 1 aliphatic rings. The summed E-state index contributed by atoms with van der Waals surface area (Å²) < 4.78 is 11.3. The lowest BCUT2D eigenvalue weighted by molar-refractivity contribution is -0.126. The van der Waals surface area contributed by atoms with E-state index in [1.54, 1.807) is 7.11 Å². The maximum atomic E-state index is 12.0. The number of nitrogens with two attached hydrogens (primary N) is 1. The fourth-order valence-corrected chi connectivity index (χ4v) is 2.99. The molecule has 0 spiro atoms. The van der Waals surface area contributed by atoms with Gasteiger partial charge in [-0.15, -0.1) is 0 Å². The number of carbonyl (C=O) groups is 1. The van der Waals surface area contributed by atoms with Crippen LogP contribution in [0.15, 0.2) is 42.5 Å². The predicted molar refractivity (Wildman–Crippen MR) is 84.3 cm³/mol. The van der Waals surface area contributed by atoms with Crippen molar-refractivity contribution in [3.8, 4) is 17.2 Å². The number of hydrogen-bond donors (Lipinski definition) is 1. The quantitative estimate of drug-likeness (QED) is 0.944. The Balaban J connectivity index is 2.23. The molecule has 2 aromatic carbocycles. The third-order valence-corrected chi connectivity index (χ3v) is 4.34. The second-order valence-corrected chi connectivity index (χ2v) is 6.06.